The molecule has 1 aliphatic rings. The Kier molecular flexibility index (Phi) is 8.54. The molecule has 210 valence electrons. The summed E-state index contributed by atoms with van der Waals surface area (Å²) in [7, 11) is 0. The number of nitrogens with zero attached hydrogens (tertiary/aromatic N) is 2. The third-order valence-electron chi connectivity index (χ3n) is 7.11. The van der Waals surface area contributed by atoms with Crippen LogP contribution >= 0.6 is 0 Å². The summed E-state index contributed by atoms with van der Waals surface area (Å²) in [6.07, 6.45) is -6.08. The number of alkyl halides is 5. The zero-order valence-electron chi connectivity index (χ0n) is 23.3. The Balaban J connectivity index is 2.45. The quantitative estimate of drug-likeness (QED) is 0.323. The molecule has 38 heavy (non-hydrogen) atoms. The highest BCUT2D eigenvalue weighted by atomic mass is 19.4. The third kappa shape index (κ3) is 5.28. The van der Waals surface area contributed by atoms with E-state index in [4.69, 9.17) is 0 Å². The Morgan fingerprint density at radius 3 is 1.13 bits per heavy atom. The molecule has 1 aliphatic heterocycles. The highest BCUT2D eigenvalue weighted by molar-refractivity contribution is 5.74. The maximum Gasteiger partial charge on any atom is 0.460 e. The second kappa shape index (κ2) is 10.9. The van der Waals surface area contributed by atoms with Gasteiger partial charge < -0.3 is 9.80 Å². The van der Waals surface area contributed by atoms with Crippen LogP contribution in [0.1, 0.15) is 101 Å². The fourth-order valence-corrected chi connectivity index (χ4v) is 5.14. The SMILES string of the molecule is CC(C)c1cccc(C(C)C)c1N1CCN(c2c(C(C)C)cccc2C(C)C)C1=C(F)C(F)(F)C(F)(F)F. The molecule has 0 bridgehead atoms. The molecule has 1 fully saturated rings. The second-order valence-electron chi connectivity index (χ2n) is 11.2. The van der Waals surface area contributed by atoms with E-state index >= 15 is 4.39 Å². The first kappa shape index (κ1) is 29.9. The number of para-hydroxylation sites is 2. The van der Waals surface area contributed by atoms with E-state index in [0.29, 0.717) is 11.4 Å². The van der Waals surface area contributed by atoms with Crippen LogP contribution in [-0.2, 0) is 0 Å². The number of hydrogen-bond acceptors (Lipinski definition) is 2. The van der Waals surface area contributed by atoms with E-state index < -0.39 is 23.7 Å². The van der Waals surface area contributed by atoms with Gasteiger partial charge in [0.25, 0.3) is 0 Å². The summed E-state index contributed by atoms with van der Waals surface area (Å²) in [4.78, 5) is 2.70. The summed E-state index contributed by atoms with van der Waals surface area (Å²) in [5.74, 6) is -9.16. The molecule has 1 heterocycles. The van der Waals surface area contributed by atoms with Crippen molar-refractivity contribution in [2.45, 2.75) is 91.2 Å². The standard InChI is InChI=1S/C30H38F6N2/c1-17(2)21-11-9-12-22(18(3)4)25(21)37-15-16-38(28(37)27(31)29(32,33)30(34,35)36)26-23(19(5)6)13-10-14-24(26)20(7)8/h9-14,17-20H,15-16H2,1-8H3. The number of allylic oxidation sites excluding steroid dienone is 1. The molecule has 0 amide bonds. The van der Waals surface area contributed by atoms with Gasteiger partial charge >= 0.3 is 12.1 Å². The van der Waals surface area contributed by atoms with Gasteiger partial charge in [-0.2, -0.15) is 22.0 Å². The van der Waals surface area contributed by atoms with Gasteiger partial charge in [0.2, 0.25) is 5.83 Å². The lowest BCUT2D eigenvalue weighted by Crippen LogP contribution is -2.41. The van der Waals surface area contributed by atoms with Crippen LogP contribution in [-0.4, -0.2) is 25.2 Å². The number of benzene rings is 2. The van der Waals surface area contributed by atoms with Gasteiger partial charge in [0, 0.05) is 24.5 Å². The summed E-state index contributed by atoms with van der Waals surface area (Å²) in [6.45, 7) is 15.5. The van der Waals surface area contributed by atoms with Crippen molar-refractivity contribution in [2.24, 2.45) is 0 Å². The second-order valence-corrected chi connectivity index (χ2v) is 11.2. The van der Waals surface area contributed by atoms with Crippen molar-refractivity contribution < 1.29 is 26.3 Å². The van der Waals surface area contributed by atoms with Gasteiger partial charge in [-0.1, -0.05) is 91.8 Å². The third-order valence-corrected chi connectivity index (χ3v) is 7.11. The molecule has 2 aromatic rings. The van der Waals surface area contributed by atoms with E-state index in [0.717, 1.165) is 22.3 Å². The first-order valence-electron chi connectivity index (χ1n) is 13.2. The van der Waals surface area contributed by atoms with E-state index in [2.05, 4.69) is 0 Å². The molecule has 3 rings (SSSR count). The number of rotatable bonds is 7. The van der Waals surface area contributed by atoms with E-state index in [9.17, 15) is 22.0 Å². The minimum absolute atomic E-state index is 0.0596. The topological polar surface area (TPSA) is 6.48 Å². The minimum atomic E-state index is -6.08. The van der Waals surface area contributed by atoms with Crippen LogP contribution in [0.2, 0.25) is 0 Å². The molecule has 0 N–H and O–H groups in total. The zero-order chi connectivity index (χ0) is 28.7. The molecule has 8 heteroatoms. The van der Waals surface area contributed by atoms with Crippen molar-refractivity contribution in [1.29, 1.82) is 0 Å². The van der Waals surface area contributed by atoms with Crippen molar-refractivity contribution >= 4 is 11.4 Å². The number of hydrogen-bond donors (Lipinski definition) is 0. The Morgan fingerprint density at radius 2 is 0.895 bits per heavy atom. The van der Waals surface area contributed by atoms with Crippen molar-refractivity contribution in [1.82, 2.24) is 0 Å². The predicted octanol–water partition coefficient (Wildman–Crippen LogP) is 9.84. The summed E-state index contributed by atoms with van der Waals surface area (Å²) in [5, 5.41) is 0. The lowest BCUT2D eigenvalue weighted by atomic mass is 9.91. The Bertz CT molecular complexity index is 1050. The van der Waals surface area contributed by atoms with Crippen molar-refractivity contribution in [2.75, 3.05) is 22.9 Å². The number of anilines is 2. The highest BCUT2D eigenvalue weighted by Gasteiger charge is 2.63. The monoisotopic (exact) mass is 540 g/mol. The van der Waals surface area contributed by atoms with E-state index in [1.165, 1.54) is 9.80 Å². The summed E-state index contributed by atoms with van der Waals surface area (Å²) in [5.41, 5.74) is 4.05. The predicted molar refractivity (Wildman–Crippen MR) is 143 cm³/mol. The molecular formula is C30H38F6N2. The normalized spacial score (nSPS) is 15.2. The molecule has 2 nitrogen and oxygen atoms in total. The summed E-state index contributed by atoms with van der Waals surface area (Å²) >= 11 is 0. The van der Waals surface area contributed by atoms with Crippen molar-refractivity contribution in [3.63, 3.8) is 0 Å². The summed E-state index contributed by atoms with van der Waals surface area (Å²) in [6, 6.07) is 11.0. The lowest BCUT2D eigenvalue weighted by molar-refractivity contribution is -0.270. The van der Waals surface area contributed by atoms with Gasteiger partial charge in [0.1, 0.15) is 0 Å². The zero-order valence-corrected chi connectivity index (χ0v) is 23.3. The van der Waals surface area contributed by atoms with E-state index in [1.807, 2.05) is 91.8 Å². The molecule has 0 radical (unpaired) electrons. The van der Waals surface area contributed by atoms with Crippen LogP contribution in [0.4, 0.5) is 37.7 Å². The maximum atomic E-state index is 15.9. The van der Waals surface area contributed by atoms with Crippen LogP contribution in [0.3, 0.4) is 0 Å². The molecule has 2 aromatic carbocycles. The Hall–Kier alpha value is -2.64. The average Bonchev–Trinajstić information content (AvgIpc) is 3.25. The average molecular weight is 541 g/mol. The van der Waals surface area contributed by atoms with Crippen LogP contribution in [0, 0.1) is 0 Å². The lowest BCUT2D eigenvalue weighted by Gasteiger charge is -2.34. The Labute approximate surface area is 222 Å². The van der Waals surface area contributed by atoms with Gasteiger partial charge in [-0.3, -0.25) is 0 Å². The van der Waals surface area contributed by atoms with E-state index in [-0.39, 0.29) is 36.8 Å². The first-order chi connectivity index (χ1) is 17.5. The largest absolute Gasteiger partial charge is 0.460 e. The van der Waals surface area contributed by atoms with Gasteiger partial charge in [-0.25, -0.2) is 4.39 Å². The van der Waals surface area contributed by atoms with Crippen LogP contribution in [0.15, 0.2) is 48.0 Å². The van der Waals surface area contributed by atoms with Gasteiger partial charge in [-0.05, 0) is 45.9 Å². The van der Waals surface area contributed by atoms with Crippen LogP contribution in [0.25, 0.3) is 0 Å². The van der Waals surface area contributed by atoms with Crippen molar-refractivity contribution in [3.8, 4) is 0 Å². The summed E-state index contributed by atoms with van der Waals surface area (Å²) < 4.78 is 86.2. The first-order valence-corrected chi connectivity index (χ1v) is 13.2. The maximum absolute atomic E-state index is 15.9. The molecule has 0 spiro atoms. The molecule has 0 unspecified atom stereocenters. The fraction of sp³-hybridized carbons (Fsp3) is 0.533. The molecule has 0 aromatic heterocycles. The fourth-order valence-electron chi connectivity index (χ4n) is 5.14. The molecule has 1 saturated heterocycles. The smallest absolute Gasteiger partial charge is 0.323 e. The molecular weight excluding hydrogens is 502 g/mol. The Morgan fingerprint density at radius 1 is 0.605 bits per heavy atom. The molecule has 0 aliphatic carbocycles. The molecule has 0 saturated carbocycles. The number of halogens is 6. The van der Waals surface area contributed by atoms with Crippen molar-refractivity contribution in [3.05, 3.63) is 70.3 Å². The van der Waals surface area contributed by atoms with Gasteiger partial charge in [0.05, 0.1) is 0 Å². The van der Waals surface area contributed by atoms with Crippen LogP contribution < -0.4 is 9.80 Å². The van der Waals surface area contributed by atoms with E-state index in [1.54, 1.807) is 0 Å². The highest BCUT2D eigenvalue weighted by Crippen LogP contribution is 2.49. The molecule has 0 atom stereocenters. The van der Waals surface area contributed by atoms with Gasteiger partial charge in [-0.15, -0.1) is 0 Å². The van der Waals surface area contributed by atoms with Crippen LogP contribution in [0.5, 0.6) is 0 Å². The minimum Gasteiger partial charge on any atom is -0.323 e. The van der Waals surface area contributed by atoms with Gasteiger partial charge in [0.15, 0.2) is 5.82 Å².